The molecule has 0 atom stereocenters. The van der Waals surface area contributed by atoms with Crippen molar-refractivity contribution < 1.29 is 9.72 Å². The van der Waals surface area contributed by atoms with Crippen LogP contribution in [0.1, 0.15) is 11.3 Å². The number of nitrogens with zero attached hydrogens (tertiary/aromatic N) is 5. The van der Waals surface area contributed by atoms with Gasteiger partial charge in [-0.2, -0.15) is 10.2 Å². The SMILES string of the molecule is Cc1nn(CC(=O)Nc2nn(Cc3ccc(Cl)cc3Cl)cc2Br)cc1[N+](=O)[O-]. The van der Waals surface area contributed by atoms with Crippen LogP contribution in [0.2, 0.25) is 10.0 Å². The number of rotatable bonds is 6. The van der Waals surface area contributed by atoms with Crippen molar-refractivity contribution in [2.75, 3.05) is 5.32 Å². The number of nitrogens with one attached hydrogen (secondary N) is 1. The highest BCUT2D eigenvalue weighted by Crippen LogP contribution is 2.24. The lowest BCUT2D eigenvalue weighted by atomic mass is 10.2. The lowest BCUT2D eigenvalue weighted by Crippen LogP contribution is -2.19. The van der Waals surface area contributed by atoms with Crippen LogP contribution in [0.4, 0.5) is 11.5 Å². The predicted molar refractivity (Wildman–Crippen MR) is 108 cm³/mol. The van der Waals surface area contributed by atoms with Crippen molar-refractivity contribution >= 4 is 56.5 Å². The summed E-state index contributed by atoms with van der Waals surface area (Å²) < 4.78 is 3.40. The van der Waals surface area contributed by atoms with Gasteiger partial charge in [0.05, 0.1) is 15.9 Å². The Labute approximate surface area is 177 Å². The quantitative estimate of drug-likeness (QED) is 0.416. The van der Waals surface area contributed by atoms with Crippen molar-refractivity contribution in [2.45, 2.75) is 20.0 Å². The van der Waals surface area contributed by atoms with Gasteiger partial charge in [0.15, 0.2) is 5.82 Å². The molecule has 0 saturated heterocycles. The molecular formula is C16H13BrCl2N6O3. The molecule has 1 aromatic carbocycles. The number of hydrogen-bond acceptors (Lipinski definition) is 5. The molecule has 0 aliphatic heterocycles. The van der Waals surface area contributed by atoms with E-state index >= 15 is 0 Å². The summed E-state index contributed by atoms with van der Waals surface area (Å²) in [7, 11) is 0. The highest BCUT2D eigenvalue weighted by Gasteiger charge is 2.18. The number of anilines is 1. The average Bonchev–Trinajstić information content (AvgIpc) is 3.12. The van der Waals surface area contributed by atoms with Gasteiger partial charge in [-0.3, -0.25) is 24.3 Å². The summed E-state index contributed by atoms with van der Waals surface area (Å²) in [6.07, 6.45) is 2.91. The zero-order valence-corrected chi connectivity index (χ0v) is 17.5. The molecule has 9 nitrogen and oxygen atoms in total. The summed E-state index contributed by atoms with van der Waals surface area (Å²) in [6, 6.07) is 5.17. The fraction of sp³-hybridized carbons (Fsp3) is 0.188. The number of carbonyl (C=O) groups is 1. The minimum Gasteiger partial charge on any atom is -0.307 e. The monoisotopic (exact) mass is 486 g/mol. The lowest BCUT2D eigenvalue weighted by Gasteiger charge is -2.05. The Bertz CT molecular complexity index is 1060. The molecule has 0 fully saturated rings. The Morgan fingerprint density at radius 2 is 2.04 bits per heavy atom. The number of carbonyl (C=O) groups excluding carboxylic acids is 1. The maximum atomic E-state index is 12.2. The van der Waals surface area contributed by atoms with Crippen molar-refractivity contribution in [3.8, 4) is 0 Å². The van der Waals surface area contributed by atoms with Gasteiger partial charge in [0.25, 0.3) is 0 Å². The zero-order chi connectivity index (χ0) is 20.4. The van der Waals surface area contributed by atoms with Gasteiger partial charge in [0.2, 0.25) is 5.91 Å². The Balaban J connectivity index is 1.68. The van der Waals surface area contributed by atoms with Gasteiger partial charge in [-0.25, -0.2) is 0 Å². The minimum atomic E-state index is -0.545. The maximum Gasteiger partial charge on any atom is 0.309 e. The fourth-order valence-electron chi connectivity index (χ4n) is 2.47. The fourth-order valence-corrected chi connectivity index (χ4v) is 3.36. The zero-order valence-electron chi connectivity index (χ0n) is 14.4. The van der Waals surface area contributed by atoms with Crippen LogP contribution in [0.15, 0.2) is 35.1 Å². The van der Waals surface area contributed by atoms with Gasteiger partial charge in [0.1, 0.15) is 18.4 Å². The summed E-state index contributed by atoms with van der Waals surface area (Å²) in [5, 5.41) is 22.8. The van der Waals surface area contributed by atoms with E-state index in [1.807, 2.05) is 0 Å². The van der Waals surface area contributed by atoms with Crippen molar-refractivity contribution in [1.82, 2.24) is 19.6 Å². The topological polar surface area (TPSA) is 108 Å². The lowest BCUT2D eigenvalue weighted by molar-refractivity contribution is -0.385. The molecule has 1 amide bonds. The smallest absolute Gasteiger partial charge is 0.307 e. The van der Waals surface area contributed by atoms with Crippen LogP contribution in [0.3, 0.4) is 0 Å². The molecule has 0 aliphatic rings. The van der Waals surface area contributed by atoms with E-state index < -0.39 is 10.8 Å². The van der Waals surface area contributed by atoms with E-state index in [1.165, 1.54) is 17.8 Å². The molecule has 2 heterocycles. The summed E-state index contributed by atoms with van der Waals surface area (Å²) in [6.45, 7) is 1.71. The van der Waals surface area contributed by atoms with E-state index in [4.69, 9.17) is 23.2 Å². The second kappa shape index (κ2) is 8.29. The first-order valence-electron chi connectivity index (χ1n) is 7.88. The van der Waals surface area contributed by atoms with E-state index in [0.717, 1.165) is 5.56 Å². The first-order valence-corrected chi connectivity index (χ1v) is 9.43. The molecule has 0 saturated carbocycles. The highest BCUT2D eigenvalue weighted by atomic mass is 79.9. The number of benzene rings is 1. The summed E-state index contributed by atoms with van der Waals surface area (Å²) >= 11 is 15.4. The van der Waals surface area contributed by atoms with Crippen LogP contribution in [0.25, 0.3) is 0 Å². The van der Waals surface area contributed by atoms with Gasteiger partial charge in [-0.1, -0.05) is 29.3 Å². The summed E-state index contributed by atoms with van der Waals surface area (Å²) in [5.41, 5.74) is 0.916. The molecule has 146 valence electrons. The first kappa shape index (κ1) is 20.3. The standard InChI is InChI=1S/C16H13BrCl2N6O3/c1-9-14(25(27)28)7-24(21-9)8-15(26)20-16-12(17)6-23(22-16)5-10-2-3-11(18)4-13(10)19/h2-4,6-7H,5,8H2,1H3,(H,20,22,26). The van der Waals surface area contributed by atoms with Crippen molar-refractivity contribution in [3.05, 3.63) is 66.5 Å². The third-order valence-electron chi connectivity index (χ3n) is 3.75. The third kappa shape index (κ3) is 4.70. The molecule has 0 radical (unpaired) electrons. The van der Waals surface area contributed by atoms with Crippen molar-refractivity contribution in [2.24, 2.45) is 0 Å². The number of halogens is 3. The largest absolute Gasteiger partial charge is 0.309 e. The number of aromatic nitrogens is 4. The second-order valence-electron chi connectivity index (χ2n) is 5.86. The van der Waals surface area contributed by atoms with Crippen LogP contribution in [0.5, 0.6) is 0 Å². The van der Waals surface area contributed by atoms with Gasteiger partial charge >= 0.3 is 5.69 Å². The predicted octanol–water partition coefficient (Wildman–Crippen LogP) is 4.05. The number of amides is 1. The number of aryl methyl sites for hydroxylation is 1. The normalized spacial score (nSPS) is 10.9. The molecule has 0 spiro atoms. The molecule has 3 rings (SSSR count). The highest BCUT2D eigenvalue weighted by molar-refractivity contribution is 9.10. The Morgan fingerprint density at radius 1 is 1.29 bits per heavy atom. The number of nitro groups is 1. The summed E-state index contributed by atoms with van der Waals surface area (Å²) in [4.78, 5) is 22.6. The second-order valence-corrected chi connectivity index (χ2v) is 7.56. The van der Waals surface area contributed by atoms with Crippen LogP contribution < -0.4 is 5.32 Å². The van der Waals surface area contributed by atoms with E-state index in [-0.39, 0.29) is 17.9 Å². The molecular weight excluding hydrogens is 475 g/mol. The Kier molecular flexibility index (Phi) is 6.01. The van der Waals surface area contributed by atoms with Crippen LogP contribution in [0, 0.1) is 17.0 Å². The van der Waals surface area contributed by atoms with Crippen LogP contribution in [-0.2, 0) is 17.9 Å². The summed E-state index contributed by atoms with van der Waals surface area (Å²) in [5.74, 6) is -0.110. The van der Waals surface area contributed by atoms with Crippen LogP contribution >= 0.6 is 39.1 Å². The molecule has 12 heteroatoms. The molecule has 1 N–H and O–H groups in total. The molecule has 3 aromatic rings. The minimum absolute atomic E-state index is 0.141. The Morgan fingerprint density at radius 3 is 2.68 bits per heavy atom. The Hall–Kier alpha value is -2.43. The van der Waals surface area contributed by atoms with Gasteiger partial charge in [0, 0.05) is 16.2 Å². The van der Waals surface area contributed by atoms with E-state index in [1.54, 1.807) is 29.1 Å². The van der Waals surface area contributed by atoms with E-state index in [9.17, 15) is 14.9 Å². The van der Waals surface area contributed by atoms with Crippen molar-refractivity contribution in [1.29, 1.82) is 0 Å². The number of hydrogen-bond donors (Lipinski definition) is 1. The van der Waals surface area contributed by atoms with Crippen LogP contribution in [-0.4, -0.2) is 30.4 Å². The van der Waals surface area contributed by atoms with Gasteiger partial charge < -0.3 is 5.32 Å². The first-order chi connectivity index (χ1) is 13.2. The third-order valence-corrected chi connectivity index (χ3v) is 4.91. The molecule has 28 heavy (non-hydrogen) atoms. The van der Waals surface area contributed by atoms with E-state index in [0.29, 0.717) is 26.9 Å². The van der Waals surface area contributed by atoms with Gasteiger partial charge in [-0.15, -0.1) is 0 Å². The average molecular weight is 488 g/mol. The van der Waals surface area contributed by atoms with Gasteiger partial charge in [-0.05, 0) is 40.5 Å². The van der Waals surface area contributed by atoms with Crippen molar-refractivity contribution in [3.63, 3.8) is 0 Å². The maximum absolute atomic E-state index is 12.2. The molecule has 0 aliphatic carbocycles. The van der Waals surface area contributed by atoms with E-state index in [2.05, 4.69) is 31.4 Å². The molecule has 0 bridgehead atoms. The molecule has 0 unspecified atom stereocenters. The molecule has 2 aromatic heterocycles.